The molecule has 0 bridgehead atoms. The quantitative estimate of drug-likeness (QED) is 0.359. The van der Waals surface area contributed by atoms with E-state index in [0.717, 1.165) is 10.6 Å². The van der Waals surface area contributed by atoms with Gasteiger partial charge < -0.3 is 9.64 Å². The fourth-order valence-corrected chi connectivity index (χ4v) is 4.94. The molecule has 1 aromatic carbocycles. The zero-order valence-corrected chi connectivity index (χ0v) is 18.3. The Kier molecular flexibility index (Phi) is 7.40. The van der Waals surface area contributed by atoms with Crippen molar-refractivity contribution in [2.45, 2.75) is 39.2 Å². The Bertz CT molecular complexity index is 924. The maximum Gasteiger partial charge on any atom is 0.308 e. The van der Waals surface area contributed by atoms with Crippen LogP contribution in [0.2, 0.25) is 0 Å². The number of nitro benzene ring substituents is 1. The molecule has 30 heavy (non-hydrogen) atoms. The average Bonchev–Trinajstić information content (AvgIpc) is 2.70. The number of carbonyl (C=O) groups excluding carboxylic acids is 2. The normalized spacial score (nSPS) is 16.1. The van der Waals surface area contributed by atoms with Gasteiger partial charge in [0.1, 0.15) is 6.04 Å². The monoisotopic (exact) mass is 441 g/mol. The van der Waals surface area contributed by atoms with Gasteiger partial charge in [0, 0.05) is 25.2 Å². The van der Waals surface area contributed by atoms with E-state index in [2.05, 4.69) is 0 Å². The summed E-state index contributed by atoms with van der Waals surface area (Å²) in [5.41, 5.74) is 0.350. The predicted octanol–water partition coefficient (Wildman–Crippen LogP) is 1.86. The third kappa shape index (κ3) is 5.07. The molecule has 0 radical (unpaired) electrons. The lowest BCUT2D eigenvalue weighted by Crippen LogP contribution is -2.53. The number of anilines is 1. The molecule has 1 heterocycles. The molecule has 1 saturated heterocycles. The number of carbonyl (C=O) groups is 2. The minimum absolute atomic E-state index is 0.108. The Morgan fingerprint density at radius 1 is 1.33 bits per heavy atom. The zero-order chi connectivity index (χ0) is 22.6. The number of amides is 1. The number of sulfonamides is 1. The Morgan fingerprint density at radius 3 is 2.40 bits per heavy atom. The topological polar surface area (TPSA) is 127 Å². The molecule has 10 nitrogen and oxygen atoms in total. The van der Waals surface area contributed by atoms with Crippen LogP contribution < -0.4 is 4.31 Å². The largest absolute Gasteiger partial charge is 0.469 e. The van der Waals surface area contributed by atoms with Crippen molar-refractivity contribution in [1.82, 2.24) is 4.90 Å². The molecule has 166 valence electrons. The van der Waals surface area contributed by atoms with Crippen LogP contribution in [-0.2, 0) is 24.3 Å². The van der Waals surface area contributed by atoms with E-state index in [1.165, 1.54) is 25.3 Å². The second-order valence-electron chi connectivity index (χ2n) is 7.33. The fraction of sp³-hybridized carbons (Fsp3) is 0.579. The van der Waals surface area contributed by atoms with Gasteiger partial charge in [0.25, 0.3) is 5.69 Å². The van der Waals surface area contributed by atoms with Crippen molar-refractivity contribution in [3.8, 4) is 0 Å². The molecular weight excluding hydrogens is 414 g/mol. The van der Waals surface area contributed by atoms with E-state index in [1.807, 2.05) is 0 Å². The van der Waals surface area contributed by atoms with Gasteiger partial charge in [-0.05, 0) is 31.7 Å². The third-order valence-electron chi connectivity index (χ3n) is 5.29. The number of methoxy groups -OCH3 is 1. The smallest absolute Gasteiger partial charge is 0.308 e. The molecule has 0 unspecified atom stereocenters. The highest BCUT2D eigenvalue weighted by molar-refractivity contribution is 7.92. The molecule has 1 aromatic rings. The van der Waals surface area contributed by atoms with Gasteiger partial charge in [-0.3, -0.25) is 24.0 Å². The van der Waals surface area contributed by atoms with Crippen molar-refractivity contribution in [3.05, 3.63) is 33.9 Å². The number of benzene rings is 1. The van der Waals surface area contributed by atoms with Crippen molar-refractivity contribution >= 4 is 33.3 Å². The molecule has 0 aromatic heterocycles. The number of ether oxygens (including phenoxy) is 1. The van der Waals surface area contributed by atoms with Gasteiger partial charge in [-0.1, -0.05) is 13.0 Å². The van der Waals surface area contributed by atoms with Crippen molar-refractivity contribution < 1.29 is 27.7 Å². The summed E-state index contributed by atoms with van der Waals surface area (Å²) in [7, 11) is -2.60. The first-order chi connectivity index (χ1) is 14.0. The molecule has 2 rings (SSSR count). The number of non-ortho nitro benzene ring substituents is 1. The standard InChI is InChI=1S/C19H27N3O7S/c1-5-16(18(23)20-10-8-14(9-11-20)19(24)29-3)21(30(4,27)28)17-12-15(22(25)26)7-6-13(17)2/h6-7,12,14,16H,5,8-11H2,1-4H3/t16-/m0/s1. The number of rotatable bonds is 7. The molecule has 0 aliphatic carbocycles. The highest BCUT2D eigenvalue weighted by atomic mass is 32.2. The van der Waals surface area contributed by atoms with Gasteiger partial charge >= 0.3 is 5.97 Å². The van der Waals surface area contributed by atoms with E-state index < -0.39 is 26.9 Å². The maximum atomic E-state index is 13.2. The van der Waals surface area contributed by atoms with Gasteiger partial charge in [0.15, 0.2) is 0 Å². The fourth-order valence-electron chi connectivity index (χ4n) is 3.68. The average molecular weight is 442 g/mol. The van der Waals surface area contributed by atoms with Gasteiger partial charge in [-0.2, -0.15) is 0 Å². The molecule has 1 aliphatic heterocycles. The molecule has 0 N–H and O–H groups in total. The number of likely N-dealkylation sites (tertiary alicyclic amines) is 1. The zero-order valence-electron chi connectivity index (χ0n) is 17.5. The highest BCUT2D eigenvalue weighted by Crippen LogP contribution is 2.31. The lowest BCUT2D eigenvalue weighted by Gasteiger charge is -2.37. The second-order valence-corrected chi connectivity index (χ2v) is 9.19. The van der Waals surface area contributed by atoms with Crippen LogP contribution in [0.5, 0.6) is 0 Å². The van der Waals surface area contributed by atoms with E-state index in [9.17, 15) is 28.1 Å². The lowest BCUT2D eigenvalue weighted by molar-refractivity contribution is -0.384. The maximum absolute atomic E-state index is 13.2. The molecule has 1 amide bonds. The minimum Gasteiger partial charge on any atom is -0.469 e. The van der Waals surface area contributed by atoms with Crippen LogP contribution in [0, 0.1) is 23.0 Å². The van der Waals surface area contributed by atoms with Crippen LogP contribution in [-0.4, -0.2) is 62.6 Å². The Labute approximate surface area is 176 Å². The number of piperidine rings is 1. The van der Waals surface area contributed by atoms with E-state index in [0.29, 0.717) is 31.5 Å². The van der Waals surface area contributed by atoms with E-state index in [4.69, 9.17) is 4.74 Å². The molecular formula is C19H27N3O7S. The summed E-state index contributed by atoms with van der Waals surface area (Å²) in [6.07, 6.45) is 2.03. The molecule has 1 fully saturated rings. The van der Waals surface area contributed by atoms with Crippen LogP contribution in [0.4, 0.5) is 11.4 Å². The van der Waals surface area contributed by atoms with Crippen molar-refractivity contribution in [1.29, 1.82) is 0 Å². The highest BCUT2D eigenvalue weighted by Gasteiger charge is 2.37. The van der Waals surface area contributed by atoms with Crippen molar-refractivity contribution in [3.63, 3.8) is 0 Å². The van der Waals surface area contributed by atoms with Crippen LogP contribution in [0.3, 0.4) is 0 Å². The van der Waals surface area contributed by atoms with Gasteiger partial charge in [0.05, 0.1) is 29.9 Å². The van der Waals surface area contributed by atoms with Crippen LogP contribution in [0.1, 0.15) is 31.7 Å². The van der Waals surface area contributed by atoms with Crippen LogP contribution in [0.25, 0.3) is 0 Å². The molecule has 0 spiro atoms. The summed E-state index contributed by atoms with van der Waals surface area (Å²) in [5.74, 6) is -1.000. The number of nitrogens with zero attached hydrogens (tertiary/aromatic N) is 3. The first-order valence-electron chi connectivity index (χ1n) is 9.62. The molecule has 0 saturated carbocycles. The Morgan fingerprint density at radius 2 is 1.93 bits per heavy atom. The number of aryl methyl sites for hydroxylation is 1. The van der Waals surface area contributed by atoms with Crippen LogP contribution in [0.15, 0.2) is 18.2 Å². The summed E-state index contributed by atoms with van der Waals surface area (Å²) >= 11 is 0. The third-order valence-corrected chi connectivity index (χ3v) is 6.46. The van der Waals surface area contributed by atoms with Crippen molar-refractivity contribution in [2.75, 3.05) is 30.8 Å². The molecule has 1 aliphatic rings. The predicted molar refractivity (Wildman–Crippen MR) is 111 cm³/mol. The lowest BCUT2D eigenvalue weighted by atomic mass is 9.96. The summed E-state index contributed by atoms with van der Waals surface area (Å²) < 4.78 is 31.0. The van der Waals surface area contributed by atoms with Crippen LogP contribution >= 0.6 is 0 Å². The summed E-state index contributed by atoms with van der Waals surface area (Å²) in [6, 6.07) is 2.88. The molecule has 11 heteroatoms. The van der Waals surface area contributed by atoms with Crippen molar-refractivity contribution in [2.24, 2.45) is 5.92 Å². The number of hydrogen-bond donors (Lipinski definition) is 0. The Balaban J connectivity index is 2.37. The number of hydrogen-bond acceptors (Lipinski definition) is 7. The minimum atomic E-state index is -3.92. The summed E-state index contributed by atoms with van der Waals surface area (Å²) in [4.78, 5) is 37.1. The van der Waals surface area contributed by atoms with E-state index >= 15 is 0 Å². The van der Waals surface area contributed by atoms with Gasteiger partial charge in [0.2, 0.25) is 15.9 Å². The van der Waals surface area contributed by atoms with Gasteiger partial charge in [-0.25, -0.2) is 8.42 Å². The van der Waals surface area contributed by atoms with E-state index in [1.54, 1.807) is 18.7 Å². The van der Waals surface area contributed by atoms with Gasteiger partial charge in [-0.15, -0.1) is 0 Å². The first kappa shape index (κ1) is 23.6. The summed E-state index contributed by atoms with van der Waals surface area (Å²) in [6.45, 7) is 3.94. The molecule has 1 atom stereocenters. The Hall–Kier alpha value is -2.69. The SMILES string of the molecule is CC[C@@H](C(=O)N1CCC(C(=O)OC)CC1)N(c1cc([N+](=O)[O-])ccc1C)S(C)(=O)=O. The summed E-state index contributed by atoms with van der Waals surface area (Å²) in [5, 5.41) is 11.2. The van der Waals surface area contributed by atoms with E-state index in [-0.39, 0.29) is 29.7 Å². The first-order valence-corrected chi connectivity index (χ1v) is 11.5. The number of esters is 1. The number of nitro groups is 1. The second kappa shape index (κ2) is 9.41.